The Morgan fingerprint density at radius 3 is 2.35 bits per heavy atom. The molecule has 0 bridgehead atoms. The van der Waals surface area contributed by atoms with Gasteiger partial charge in [0.05, 0.1) is 12.2 Å². The molecule has 0 spiro atoms. The molecule has 12 heteroatoms. The number of benzene rings is 1. The average Bonchev–Trinajstić information content (AvgIpc) is 2.92. The second kappa shape index (κ2) is 6.04. The molecule has 0 saturated carbocycles. The van der Waals surface area contributed by atoms with Crippen molar-refractivity contribution >= 4 is 5.65 Å². The fourth-order valence-electron chi connectivity index (χ4n) is 2.29. The maximum Gasteiger partial charge on any atom is 0.435 e. The number of halogens is 6. The minimum atomic E-state index is -5.08. The lowest BCUT2D eigenvalue weighted by Gasteiger charge is -2.07. The number of alkyl halides is 3. The summed E-state index contributed by atoms with van der Waals surface area (Å²) < 4.78 is 85.4. The molecule has 3 rings (SSSR count). The monoisotopic (exact) mass is 378 g/mol. The fourth-order valence-corrected chi connectivity index (χ4v) is 2.29. The first-order valence-electron chi connectivity index (χ1n) is 7.01. The van der Waals surface area contributed by atoms with Gasteiger partial charge >= 0.3 is 11.9 Å². The van der Waals surface area contributed by atoms with Crippen molar-refractivity contribution in [3.8, 4) is 17.1 Å². The van der Waals surface area contributed by atoms with Gasteiger partial charge < -0.3 is 4.74 Å². The third-order valence-corrected chi connectivity index (χ3v) is 3.30. The molecule has 0 amide bonds. The van der Waals surface area contributed by atoms with Crippen molar-refractivity contribution in [3.63, 3.8) is 0 Å². The van der Waals surface area contributed by atoms with Crippen LogP contribution in [-0.2, 0) is 6.18 Å². The van der Waals surface area contributed by atoms with Crippen molar-refractivity contribution < 1.29 is 31.1 Å². The van der Waals surface area contributed by atoms with E-state index in [4.69, 9.17) is 4.74 Å². The van der Waals surface area contributed by atoms with Crippen molar-refractivity contribution in [1.29, 1.82) is 0 Å². The van der Waals surface area contributed by atoms with Crippen LogP contribution < -0.4 is 10.4 Å². The first-order chi connectivity index (χ1) is 12.1. The molecule has 138 valence electrons. The number of rotatable bonds is 3. The fraction of sp³-hybridized carbons (Fsp3) is 0.214. The average molecular weight is 378 g/mol. The zero-order valence-electron chi connectivity index (χ0n) is 12.8. The summed E-state index contributed by atoms with van der Waals surface area (Å²) in [6, 6.07) is 0.296. The van der Waals surface area contributed by atoms with E-state index >= 15 is 0 Å². The minimum Gasteiger partial charge on any atom is -0.465 e. The highest BCUT2D eigenvalue weighted by molar-refractivity contribution is 5.80. The van der Waals surface area contributed by atoms with Gasteiger partial charge in [-0.2, -0.15) is 27.8 Å². The van der Waals surface area contributed by atoms with E-state index in [1.54, 1.807) is 0 Å². The van der Waals surface area contributed by atoms with E-state index in [0.29, 0.717) is 12.1 Å². The highest BCUT2D eigenvalue weighted by atomic mass is 19.4. The molecule has 0 saturated heterocycles. The topological polar surface area (TPSA) is 72.3 Å². The van der Waals surface area contributed by atoms with Crippen LogP contribution in [0.1, 0.15) is 12.6 Å². The van der Waals surface area contributed by atoms with E-state index in [9.17, 15) is 31.1 Å². The Hall–Kier alpha value is -3.05. The molecule has 0 radical (unpaired) electrons. The minimum absolute atomic E-state index is 0.0362. The highest BCUT2D eigenvalue weighted by Crippen LogP contribution is 2.38. The van der Waals surface area contributed by atoms with Gasteiger partial charge in [0.25, 0.3) is 6.01 Å². The molecule has 1 aromatic carbocycles. The van der Waals surface area contributed by atoms with Crippen LogP contribution in [-0.4, -0.2) is 26.2 Å². The van der Waals surface area contributed by atoms with Gasteiger partial charge in [-0.15, -0.1) is 0 Å². The Bertz CT molecular complexity index is 1030. The molecule has 0 fully saturated rings. The normalized spacial score (nSPS) is 12.0. The largest absolute Gasteiger partial charge is 0.465 e. The van der Waals surface area contributed by atoms with Gasteiger partial charge in [-0.05, 0) is 24.6 Å². The van der Waals surface area contributed by atoms with Crippen molar-refractivity contribution in [2.24, 2.45) is 0 Å². The molecule has 1 N–H and O–H groups in total. The van der Waals surface area contributed by atoms with Crippen LogP contribution in [0.15, 0.2) is 16.9 Å². The molecule has 0 aliphatic carbocycles. The number of aromatic nitrogens is 4. The summed E-state index contributed by atoms with van der Waals surface area (Å²) in [7, 11) is 0. The number of ether oxygens (including phenoxy) is 1. The first kappa shape index (κ1) is 17.8. The second-order valence-electron chi connectivity index (χ2n) is 4.99. The molecule has 0 atom stereocenters. The number of aromatic amines is 1. The molecule has 0 aliphatic heterocycles. The predicted molar refractivity (Wildman–Crippen MR) is 75.1 cm³/mol. The van der Waals surface area contributed by atoms with Crippen LogP contribution in [0.3, 0.4) is 0 Å². The summed E-state index contributed by atoms with van der Waals surface area (Å²) in [6.45, 7) is 1.57. The van der Waals surface area contributed by atoms with E-state index in [0.717, 1.165) is 0 Å². The van der Waals surface area contributed by atoms with Gasteiger partial charge in [-0.25, -0.2) is 18.0 Å². The molecule has 6 nitrogen and oxygen atoms in total. The lowest BCUT2D eigenvalue weighted by Crippen LogP contribution is -2.20. The molecule has 26 heavy (non-hydrogen) atoms. The zero-order valence-corrected chi connectivity index (χ0v) is 12.8. The van der Waals surface area contributed by atoms with E-state index in [-0.39, 0.29) is 11.1 Å². The summed E-state index contributed by atoms with van der Waals surface area (Å²) in [5, 5.41) is 3.13. The SMILES string of the molecule is CCOc1nc2c(-c3cc(F)c(F)c(F)c3)c(C(F)(F)F)nn2c(=O)[nH]1. The number of fused-ring (bicyclic) bond motifs is 1. The Balaban J connectivity index is 2.43. The Kier molecular flexibility index (Phi) is 4.12. The summed E-state index contributed by atoms with van der Waals surface area (Å²) in [6.07, 6.45) is -5.08. The van der Waals surface area contributed by atoms with Gasteiger partial charge in [0.2, 0.25) is 0 Å². The molecular weight excluding hydrogens is 370 g/mol. The molecule has 0 aliphatic rings. The van der Waals surface area contributed by atoms with Gasteiger partial charge in [-0.3, -0.25) is 4.98 Å². The van der Waals surface area contributed by atoms with Crippen LogP contribution in [0.2, 0.25) is 0 Å². The van der Waals surface area contributed by atoms with E-state index in [2.05, 4.69) is 15.1 Å². The summed E-state index contributed by atoms with van der Waals surface area (Å²) in [5.41, 5.74) is -4.96. The maximum atomic E-state index is 13.5. The molecule has 0 unspecified atom stereocenters. The predicted octanol–water partition coefficient (Wildman–Crippen LogP) is 2.92. The van der Waals surface area contributed by atoms with Crippen LogP contribution in [0.25, 0.3) is 16.8 Å². The highest BCUT2D eigenvalue weighted by Gasteiger charge is 2.40. The van der Waals surface area contributed by atoms with Crippen LogP contribution in [0.5, 0.6) is 6.01 Å². The Morgan fingerprint density at radius 2 is 1.81 bits per heavy atom. The summed E-state index contributed by atoms with van der Waals surface area (Å²) >= 11 is 0. The molecular formula is C14H8F6N4O2. The quantitative estimate of drug-likeness (QED) is 0.562. The van der Waals surface area contributed by atoms with Crippen molar-refractivity contribution in [2.75, 3.05) is 6.61 Å². The molecule has 2 aromatic heterocycles. The van der Waals surface area contributed by atoms with Gasteiger partial charge in [-0.1, -0.05) is 0 Å². The van der Waals surface area contributed by atoms with Gasteiger partial charge in [0, 0.05) is 0 Å². The lowest BCUT2D eigenvalue weighted by molar-refractivity contribution is -0.140. The van der Waals surface area contributed by atoms with E-state index in [1.165, 1.54) is 6.92 Å². The standard InChI is InChI=1S/C14H8F6N4O2/c1-2-26-12-21-11-8(5-3-6(15)9(17)7(16)4-5)10(14(18,19)20)23-24(11)13(25)22-12/h3-4H,2H2,1H3,(H,21,22,25). The van der Waals surface area contributed by atoms with Gasteiger partial charge in [0.15, 0.2) is 28.8 Å². The second-order valence-corrected chi connectivity index (χ2v) is 4.99. The van der Waals surface area contributed by atoms with Gasteiger partial charge in [0.1, 0.15) is 0 Å². The molecule has 3 aromatic rings. The zero-order chi connectivity index (χ0) is 19.2. The Labute approximate surface area is 140 Å². The number of H-pyrrole nitrogens is 1. The van der Waals surface area contributed by atoms with Crippen LogP contribution in [0.4, 0.5) is 26.3 Å². The smallest absolute Gasteiger partial charge is 0.435 e. The van der Waals surface area contributed by atoms with E-state index in [1.807, 2.05) is 0 Å². The third-order valence-electron chi connectivity index (χ3n) is 3.30. The van der Waals surface area contributed by atoms with Crippen molar-refractivity contribution in [3.05, 3.63) is 45.8 Å². The maximum absolute atomic E-state index is 13.5. The van der Waals surface area contributed by atoms with Crippen molar-refractivity contribution in [1.82, 2.24) is 19.6 Å². The first-order valence-corrected chi connectivity index (χ1v) is 7.01. The lowest BCUT2D eigenvalue weighted by atomic mass is 10.0. The summed E-state index contributed by atoms with van der Waals surface area (Å²) in [4.78, 5) is 17.7. The Morgan fingerprint density at radius 1 is 1.19 bits per heavy atom. The van der Waals surface area contributed by atoms with Crippen LogP contribution >= 0.6 is 0 Å². The molecule has 2 heterocycles. The summed E-state index contributed by atoms with van der Waals surface area (Å²) in [5.74, 6) is -5.26. The number of nitrogens with zero attached hydrogens (tertiary/aromatic N) is 3. The van der Waals surface area contributed by atoms with Crippen molar-refractivity contribution in [2.45, 2.75) is 13.1 Å². The number of nitrogens with one attached hydrogen (secondary N) is 1. The van der Waals surface area contributed by atoms with Crippen LogP contribution in [0, 0.1) is 17.5 Å². The number of hydrogen-bond acceptors (Lipinski definition) is 4. The third kappa shape index (κ3) is 2.86. The van der Waals surface area contributed by atoms with E-state index < -0.39 is 57.8 Å². The number of hydrogen-bond donors (Lipinski definition) is 1.